The number of fused-ring (bicyclic) bond motifs is 7. The average Bonchev–Trinajstić information content (AvgIpc) is 0.773. The zero-order valence-corrected chi connectivity index (χ0v) is 52.6. The van der Waals surface area contributed by atoms with E-state index in [0.29, 0.717) is 11.5 Å². The van der Waals surface area contributed by atoms with Gasteiger partial charge in [0.1, 0.15) is 0 Å². The van der Waals surface area contributed by atoms with E-state index >= 15 is 0 Å². The van der Waals surface area contributed by atoms with Gasteiger partial charge in [-0.25, -0.2) is 14.8 Å². The lowest BCUT2D eigenvalue weighted by Crippen LogP contribution is -2.61. The zero-order chi connectivity index (χ0) is 61.2. The van der Waals surface area contributed by atoms with Crippen molar-refractivity contribution >= 4 is 84.7 Å². The van der Waals surface area contributed by atoms with Crippen LogP contribution in [0.5, 0.6) is 0 Å². The van der Waals surface area contributed by atoms with E-state index in [1.807, 2.05) is 48.5 Å². The minimum Gasteiger partial charge on any atom is -0.311 e. The maximum Gasteiger partial charge on any atom is 0.252 e. The number of hydrogen-bond donors (Lipinski definition) is 0. The van der Waals surface area contributed by atoms with Crippen LogP contribution >= 0.6 is 0 Å². The van der Waals surface area contributed by atoms with E-state index in [2.05, 4.69) is 278 Å². The van der Waals surface area contributed by atoms with E-state index in [1.165, 1.54) is 61.4 Å². The van der Waals surface area contributed by atoms with E-state index in [1.54, 1.807) is 0 Å². The van der Waals surface area contributed by atoms with Gasteiger partial charge < -0.3 is 14.4 Å². The van der Waals surface area contributed by atoms with Gasteiger partial charge in [-0.2, -0.15) is 0 Å². The first-order valence-electron chi connectivity index (χ1n) is 30.9. The normalized spacial score (nSPS) is 13.1. The van der Waals surface area contributed by atoms with Crippen molar-refractivity contribution in [2.24, 2.45) is 0 Å². The molecule has 0 N–H and O–H groups in total. The third-order valence-electron chi connectivity index (χ3n) is 18.1. The molecule has 0 saturated heterocycles. The number of anilines is 6. The molecular weight excluding hydrogens is 1070 g/mol. The van der Waals surface area contributed by atoms with Crippen LogP contribution in [0, 0.1) is 6.57 Å². The van der Waals surface area contributed by atoms with E-state index in [9.17, 15) is 0 Å². The predicted molar refractivity (Wildman–Crippen MR) is 373 cm³/mol. The Kier molecular flexibility index (Phi) is 13.2. The summed E-state index contributed by atoms with van der Waals surface area (Å²) in [5, 5.41) is 2.24. The van der Waals surface area contributed by atoms with Gasteiger partial charge >= 0.3 is 0 Å². The third-order valence-corrected chi connectivity index (χ3v) is 18.1. The zero-order valence-electron chi connectivity index (χ0n) is 52.6. The molecule has 2 aromatic heterocycles. The average molecular weight is 1140 g/mol. The lowest BCUT2D eigenvalue weighted by molar-refractivity contribution is 0.568. The highest BCUT2D eigenvalue weighted by Crippen LogP contribution is 2.49. The van der Waals surface area contributed by atoms with Crippen LogP contribution in [0.15, 0.2) is 224 Å². The molecule has 14 rings (SSSR count). The topological polar surface area (TPSA) is 41.6 Å². The molecule has 0 saturated carbocycles. The first-order valence-corrected chi connectivity index (χ1v) is 30.9. The number of para-hydroxylation sites is 3. The Labute approximate surface area is 519 Å². The fourth-order valence-electron chi connectivity index (χ4n) is 13.3. The molecule has 0 fully saturated rings. The van der Waals surface area contributed by atoms with E-state index in [0.717, 1.165) is 78.1 Å². The van der Waals surface area contributed by atoms with Gasteiger partial charge in [0.2, 0.25) is 0 Å². The highest BCUT2D eigenvalue weighted by atomic mass is 15.2. The molecule has 0 radical (unpaired) electrons. The molecular formula is C81H73BN6. The molecule has 0 atom stereocenters. The number of aromatic nitrogens is 3. The fraction of sp³-hybridized carbons (Fsp3) is 0.198. The highest BCUT2D eigenvalue weighted by Gasteiger charge is 2.44. The maximum absolute atomic E-state index is 8.48. The van der Waals surface area contributed by atoms with Crippen molar-refractivity contribution in [2.45, 2.75) is 105 Å². The minimum atomic E-state index is -0.103. The van der Waals surface area contributed by atoms with Crippen LogP contribution in [0.25, 0.3) is 77.4 Å². The van der Waals surface area contributed by atoms with Crippen molar-refractivity contribution in [3.8, 4) is 50.7 Å². The molecule has 2 aliphatic heterocycles. The maximum atomic E-state index is 8.48. The van der Waals surface area contributed by atoms with Gasteiger partial charge in [-0.05, 0) is 162 Å². The summed E-state index contributed by atoms with van der Waals surface area (Å²) < 4.78 is 2.31. The van der Waals surface area contributed by atoms with Gasteiger partial charge in [-0.15, -0.1) is 0 Å². The van der Waals surface area contributed by atoms with Gasteiger partial charge in [0.25, 0.3) is 6.71 Å². The van der Waals surface area contributed by atoms with Crippen molar-refractivity contribution < 1.29 is 0 Å². The number of rotatable bonds is 7. The quantitative estimate of drug-likeness (QED) is 0.118. The van der Waals surface area contributed by atoms with Crippen LogP contribution in [-0.4, -0.2) is 21.2 Å². The molecule has 0 bridgehead atoms. The summed E-state index contributed by atoms with van der Waals surface area (Å²) in [6, 6.07) is 82.2. The number of nitrogens with zero attached hydrogens (tertiary/aromatic N) is 6. The first-order chi connectivity index (χ1) is 42.1. The molecule has 430 valence electrons. The Bertz CT molecular complexity index is 4540. The second-order valence-corrected chi connectivity index (χ2v) is 28.3. The second-order valence-electron chi connectivity index (χ2n) is 28.3. The number of hydrogen-bond acceptors (Lipinski definition) is 4. The molecule has 7 heteroatoms. The van der Waals surface area contributed by atoms with Crippen molar-refractivity contribution in [1.29, 1.82) is 0 Å². The van der Waals surface area contributed by atoms with Gasteiger partial charge in [-0.1, -0.05) is 217 Å². The van der Waals surface area contributed by atoms with Crippen molar-refractivity contribution in [2.75, 3.05) is 9.80 Å². The molecule has 0 unspecified atom stereocenters. The van der Waals surface area contributed by atoms with Crippen LogP contribution in [-0.2, 0) is 21.7 Å². The van der Waals surface area contributed by atoms with Crippen LogP contribution < -0.4 is 26.2 Å². The van der Waals surface area contributed by atoms with E-state index in [4.69, 9.17) is 16.5 Å². The Morgan fingerprint density at radius 3 is 1.30 bits per heavy atom. The largest absolute Gasteiger partial charge is 0.311 e. The van der Waals surface area contributed by atoms with Gasteiger partial charge in [0, 0.05) is 67.3 Å². The lowest BCUT2D eigenvalue weighted by atomic mass is 9.33. The van der Waals surface area contributed by atoms with Gasteiger partial charge in [0.05, 0.1) is 29.0 Å². The van der Waals surface area contributed by atoms with Crippen molar-refractivity contribution in [3.05, 3.63) is 258 Å². The van der Waals surface area contributed by atoms with Crippen LogP contribution in [0.2, 0.25) is 0 Å². The SMILES string of the molecule is [C-]#[N+]c1cc(-c2nc(-c3ccccc3)cc(-c3ccccc3)n2)cc(-n2c3ccccc3c3cc(-c4cc5c6c(c4)N(c4cc(C(C)(C)C)cc(C(C)(C)C)c4)c4ccccc4B6c4ccccc4N5c4cc(C(C)(C)C)cc(C(C)(C)C)c4)ccc32)c1. The summed E-state index contributed by atoms with van der Waals surface area (Å²) in [5.74, 6) is 0.557. The first kappa shape index (κ1) is 56.1. The lowest BCUT2D eigenvalue weighted by Gasteiger charge is -2.45. The molecule has 0 spiro atoms. The summed E-state index contributed by atoms with van der Waals surface area (Å²) in [5.41, 5.74) is 25.8. The van der Waals surface area contributed by atoms with E-state index in [-0.39, 0.29) is 28.4 Å². The standard InChI is InChI=1S/C81H73BN6/c1-78(2,3)56-43-57(79(4,5)6)46-62(45-56)87-72-34-24-21-31-66(72)82-67-32-22-25-35-73(67)88(63-47-58(80(7,8)9)44-59(48-63)81(10,11)12)75-42-54(41-74(87)76(75)82)53-36-37-71-65(40-53)64-30-20-23-33-70(64)86(71)61-39-55(38-60(49-61)83-13)77-84-68(51-26-16-14-17-27-51)50-69(85-77)52-28-18-15-19-29-52/h14-50H,1-12H3. The Balaban J connectivity index is 1.02. The van der Waals surface area contributed by atoms with E-state index < -0.39 is 0 Å². The summed E-state index contributed by atoms with van der Waals surface area (Å²) in [7, 11) is 0. The monoisotopic (exact) mass is 1140 g/mol. The Hall–Kier alpha value is -9.77. The molecule has 10 aromatic carbocycles. The third kappa shape index (κ3) is 9.76. The molecule has 4 heterocycles. The minimum absolute atomic E-state index is 0.0348. The summed E-state index contributed by atoms with van der Waals surface area (Å²) in [6.45, 7) is 36.5. The molecule has 12 aromatic rings. The predicted octanol–water partition coefficient (Wildman–Crippen LogP) is 20.1. The molecule has 0 aliphatic carbocycles. The molecule has 2 aliphatic rings. The van der Waals surface area contributed by atoms with Crippen molar-refractivity contribution in [3.63, 3.8) is 0 Å². The fourth-order valence-corrected chi connectivity index (χ4v) is 13.3. The van der Waals surface area contributed by atoms with Crippen LogP contribution in [0.3, 0.4) is 0 Å². The summed E-state index contributed by atoms with van der Waals surface area (Å²) in [6.07, 6.45) is 0. The van der Waals surface area contributed by atoms with Gasteiger partial charge in [-0.3, -0.25) is 0 Å². The van der Waals surface area contributed by atoms with Crippen LogP contribution in [0.1, 0.15) is 105 Å². The van der Waals surface area contributed by atoms with Gasteiger partial charge in [0.15, 0.2) is 11.5 Å². The highest BCUT2D eigenvalue weighted by molar-refractivity contribution is 7.00. The second kappa shape index (κ2) is 20.7. The molecule has 88 heavy (non-hydrogen) atoms. The van der Waals surface area contributed by atoms with Crippen molar-refractivity contribution in [1.82, 2.24) is 14.5 Å². The summed E-state index contributed by atoms with van der Waals surface area (Å²) >= 11 is 0. The smallest absolute Gasteiger partial charge is 0.252 e. The summed E-state index contributed by atoms with van der Waals surface area (Å²) in [4.78, 5) is 19.7. The Morgan fingerprint density at radius 1 is 0.352 bits per heavy atom. The Morgan fingerprint density at radius 2 is 0.807 bits per heavy atom. The van der Waals surface area contributed by atoms with Crippen LogP contribution in [0.4, 0.5) is 39.8 Å². The number of benzene rings is 10. The molecule has 0 amide bonds. The molecule has 6 nitrogen and oxygen atoms in total.